The second-order valence-electron chi connectivity index (χ2n) is 2.18. The fraction of sp³-hybridized carbons (Fsp3) is 0.375. The third-order valence-electron chi connectivity index (χ3n) is 1.01. The van der Waals surface area contributed by atoms with E-state index in [1.54, 1.807) is 6.92 Å². The largest absolute Gasteiger partial charge is 0.459 e. The van der Waals surface area contributed by atoms with Crippen molar-refractivity contribution in [2.45, 2.75) is 13.0 Å². The first-order chi connectivity index (χ1) is 5.07. The van der Waals surface area contributed by atoms with Crippen LogP contribution in [0, 0.1) is 0 Å². The second-order valence-corrected chi connectivity index (χ2v) is 2.18. The van der Waals surface area contributed by atoms with Gasteiger partial charge in [-0.15, -0.1) is 6.58 Å². The minimum absolute atomic E-state index is 0.0603. The number of ether oxygens (including phenoxy) is 1. The number of aliphatic hydroxyl groups is 1. The molecule has 0 saturated carbocycles. The van der Waals surface area contributed by atoms with Crippen LogP contribution in [0.2, 0.25) is 0 Å². The van der Waals surface area contributed by atoms with Gasteiger partial charge in [-0.3, -0.25) is 0 Å². The first kappa shape index (κ1) is 9.91. The molecule has 0 spiro atoms. The quantitative estimate of drug-likeness (QED) is 0.369. The lowest BCUT2D eigenvalue weighted by molar-refractivity contribution is -0.141. The highest BCUT2D eigenvalue weighted by molar-refractivity contribution is 5.86. The first-order valence-electron chi connectivity index (χ1n) is 3.21. The second kappa shape index (κ2) is 4.68. The van der Waals surface area contributed by atoms with Gasteiger partial charge in [-0.2, -0.15) is 0 Å². The van der Waals surface area contributed by atoms with Gasteiger partial charge in [0.1, 0.15) is 12.7 Å². The van der Waals surface area contributed by atoms with Crippen molar-refractivity contribution in [3.05, 3.63) is 24.8 Å². The highest BCUT2D eigenvalue weighted by atomic mass is 16.5. The van der Waals surface area contributed by atoms with Crippen LogP contribution in [0.25, 0.3) is 0 Å². The van der Waals surface area contributed by atoms with Crippen LogP contribution in [0.15, 0.2) is 24.8 Å². The fourth-order valence-electron chi connectivity index (χ4n) is 0.352. The van der Waals surface area contributed by atoms with Gasteiger partial charge in [-0.25, -0.2) is 4.79 Å². The zero-order chi connectivity index (χ0) is 8.85. The van der Waals surface area contributed by atoms with Crippen molar-refractivity contribution in [2.24, 2.45) is 0 Å². The lowest BCUT2D eigenvalue weighted by Crippen LogP contribution is -2.16. The topological polar surface area (TPSA) is 46.5 Å². The van der Waals surface area contributed by atoms with Crippen LogP contribution in [0.5, 0.6) is 0 Å². The molecule has 0 radical (unpaired) electrons. The Hall–Kier alpha value is -1.09. The molecule has 0 aromatic heterocycles. The molecule has 3 heteroatoms. The minimum atomic E-state index is -0.793. The molecule has 0 aromatic carbocycles. The highest BCUT2D eigenvalue weighted by Gasteiger charge is 2.05. The van der Waals surface area contributed by atoms with Crippen molar-refractivity contribution in [1.82, 2.24) is 0 Å². The van der Waals surface area contributed by atoms with E-state index in [0.29, 0.717) is 5.57 Å². The average Bonchev–Trinajstić information content (AvgIpc) is 1.99. The number of carbonyl (C=O) groups excluding carboxylic acids is 1. The van der Waals surface area contributed by atoms with Crippen LogP contribution in [0.1, 0.15) is 6.92 Å². The van der Waals surface area contributed by atoms with Gasteiger partial charge in [0.2, 0.25) is 0 Å². The summed E-state index contributed by atoms with van der Waals surface area (Å²) in [5.41, 5.74) is 0.321. The van der Waals surface area contributed by atoms with Crippen LogP contribution >= 0.6 is 0 Å². The SMILES string of the molecule is C=CC(O)COC(=O)C(=C)C. The smallest absolute Gasteiger partial charge is 0.333 e. The van der Waals surface area contributed by atoms with E-state index in [0.717, 1.165) is 0 Å². The molecule has 1 N–H and O–H groups in total. The Kier molecular flexibility index (Phi) is 4.22. The summed E-state index contributed by atoms with van der Waals surface area (Å²) in [5, 5.41) is 8.86. The Balaban J connectivity index is 3.62. The Morgan fingerprint density at radius 3 is 2.73 bits per heavy atom. The first-order valence-corrected chi connectivity index (χ1v) is 3.21. The Bertz CT molecular complexity index is 172. The van der Waals surface area contributed by atoms with Crippen LogP contribution < -0.4 is 0 Å². The number of esters is 1. The Morgan fingerprint density at radius 2 is 2.36 bits per heavy atom. The van der Waals surface area contributed by atoms with E-state index in [1.807, 2.05) is 0 Å². The molecule has 0 heterocycles. The molecule has 0 saturated heterocycles. The van der Waals surface area contributed by atoms with Gasteiger partial charge in [-0.05, 0) is 6.92 Å². The van der Waals surface area contributed by atoms with Crippen LogP contribution in [0.3, 0.4) is 0 Å². The summed E-state index contributed by atoms with van der Waals surface area (Å²) in [6, 6.07) is 0. The predicted octanol–water partition coefficient (Wildman–Crippen LogP) is 0.653. The minimum Gasteiger partial charge on any atom is -0.459 e. The standard InChI is InChI=1S/C8H12O3/c1-4-7(9)5-11-8(10)6(2)3/h4,7,9H,1-2,5H2,3H3. The summed E-state index contributed by atoms with van der Waals surface area (Å²) >= 11 is 0. The van der Waals surface area contributed by atoms with Crippen molar-refractivity contribution in [1.29, 1.82) is 0 Å². The average molecular weight is 156 g/mol. The van der Waals surface area contributed by atoms with Gasteiger partial charge in [-0.1, -0.05) is 12.7 Å². The molecule has 11 heavy (non-hydrogen) atoms. The van der Waals surface area contributed by atoms with Crippen LogP contribution in [-0.4, -0.2) is 23.8 Å². The third-order valence-corrected chi connectivity index (χ3v) is 1.01. The number of aliphatic hydroxyl groups excluding tert-OH is 1. The Morgan fingerprint density at radius 1 is 1.82 bits per heavy atom. The zero-order valence-electron chi connectivity index (χ0n) is 6.54. The molecule has 0 aliphatic heterocycles. The van der Waals surface area contributed by atoms with Gasteiger partial charge in [0.25, 0.3) is 0 Å². The molecule has 0 fully saturated rings. The van der Waals surface area contributed by atoms with E-state index in [9.17, 15) is 4.79 Å². The molecule has 0 aliphatic rings. The molecule has 1 unspecified atom stereocenters. The summed E-state index contributed by atoms with van der Waals surface area (Å²) in [6.45, 7) is 8.18. The summed E-state index contributed by atoms with van der Waals surface area (Å²) in [4.78, 5) is 10.7. The predicted molar refractivity (Wildman–Crippen MR) is 42.0 cm³/mol. The van der Waals surface area contributed by atoms with Crippen molar-refractivity contribution < 1.29 is 14.6 Å². The van der Waals surface area contributed by atoms with E-state index in [4.69, 9.17) is 5.11 Å². The zero-order valence-corrected chi connectivity index (χ0v) is 6.54. The number of rotatable bonds is 4. The molecule has 0 aliphatic carbocycles. The number of carbonyl (C=O) groups is 1. The van der Waals surface area contributed by atoms with Gasteiger partial charge in [0.15, 0.2) is 0 Å². The van der Waals surface area contributed by atoms with Gasteiger partial charge < -0.3 is 9.84 Å². The van der Waals surface area contributed by atoms with Gasteiger partial charge >= 0.3 is 5.97 Å². The van der Waals surface area contributed by atoms with Crippen LogP contribution in [0.4, 0.5) is 0 Å². The van der Waals surface area contributed by atoms with E-state index in [2.05, 4.69) is 17.9 Å². The van der Waals surface area contributed by atoms with E-state index < -0.39 is 12.1 Å². The number of hydrogen-bond donors (Lipinski definition) is 1. The molecular weight excluding hydrogens is 144 g/mol. The maximum absolute atomic E-state index is 10.7. The van der Waals surface area contributed by atoms with Crippen molar-refractivity contribution in [3.63, 3.8) is 0 Å². The molecule has 1 atom stereocenters. The summed E-state index contributed by atoms with van der Waals surface area (Å²) in [6.07, 6.45) is 0.504. The normalized spacial score (nSPS) is 11.8. The van der Waals surface area contributed by atoms with Gasteiger partial charge in [0.05, 0.1) is 0 Å². The highest BCUT2D eigenvalue weighted by Crippen LogP contribution is 1.93. The summed E-state index contributed by atoms with van der Waals surface area (Å²) in [7, 11) is 0. The monoisotopic (exact) mass is 156 g/mol. The van der Waals surface area contributed by atoms with E-state index in [-0.39, 0.29) is 6.61 Å². The van der Waals surface area contributed by atoms with E-state index in [1.165, 1.54) is 6.08 Å². The molecule has 3 nitrogen and oxygen atoms in total. The van der Waals surface area contributed by atoms with E-state index >= 15 is 0 Å². The summed E-state index contributed by atoms with van der Waals surface area (Å²) < 4.78 is 4.60. The maximum atomic E-state index is 10.7. The maximum Gasteiger partial charge on any atom is 0.333 e. The van der Waals surface area contributed by atoms with Crippen LogP contribution in [-0.2, 0) is 9.53 Å². The molecule has 0 amide bonds. The molecule has 0 bridgehead atoms. The number of hydrogen-bond acceptors (Lipinski definition) is 3. The lowest BCUT2D eigenvalue weighted by Gasteiger charge is -2.05. The van der Waals surface area contributed by atoms with Crippen molar-refractivity contribution in [3.8, 4) is 0 Å². The Labute approximate surface area is 66.0 Å². The van der Waals surface area contributed by atoms with Crippen molar-refractivity contribution in [2.75, 3.05) is 6.61 Å². The lowest BCUT2D eigenvalue weighted by atomic mass is 10.3. The summed E-state index contributed by atoms with van der Waals surface area (Å²) in [5.74, 6) is -0.495. The molecular formula is C8H12O3. The molecule has 0 rings (SSSR count). The third kappa shape index (κ3) is 4.33. The van der Waals surface area contributed by atoms with Gasteiger partial charge in [0, 0.05) is 5.57 Å². The molecule has 62 valence electrons. The van der Waals surface area contributed by atoms with Crippen molar-refractivity contribution >= 4 is 5.97 Å². The fourth-order valence-corrected chi connectivity index (χ4v) is 0.352. The molecule has 0 aromatic rings.